The molecule has 0 amide bonds. The Morgan fingerprint density at radius 2 is 2.25 bits per heavy atom. The molecule has 0 aliphatic carbocycles. The van der Waals surface area contributed by atoms with Crippen molar-refractivity contribution >= 4 is 11.3 Å². The van der Waals surface area contributed by atoms with Gasteiger partial charge in [-0.25, -0.2) is 4.98 Å². The molecule has 0 bridgehead atoms. The summed E-state index contributed by atoms with van der Waals surface area (Å²) in [4.78, 5) is 5.59. The minimum absolute atomic E-state index is 0.0801. The number of nitrogens with one attached hydrogen (secondary N) is 1. The third kappa shape index (κ3) is 2.86. The van der Waals surface area contributed by atoms with E-state index in [1.807, 2.05) is 17.1 Å². The van der Waals surface area contributed by atoms with Crippen molar-refractivity contribution in [1.82, 2.24) is 20.1 Å². The number of ether oxygens (including phenoxy) is 1. The first kappa shape index (κ1) is 15.0. The summed E-state index contributed by atoms with van der Waals surface area (Å²) in [5, 5.41) is 7.99. The van der Waals surface area contributed by atoms with Gasteiger partial charge in [0.1, 0.15) is 5.69 Å². The molecule has 5 nitrogen and oxygen atoms in total. The van der Waals surface area contributed by atoms with Crippen LogP contribution in [0.5, 0.6) is 5.75 Å². The summed E-state index contributed by atoms with van der Waals surface area (Å²) in [5.74, 6) is 0.831. The number of nitrogens with zero attached hydrogens (tertiary/aromatic N) is 3. The molecule has 0 saturated heterocycles. The van der Waals surface area contributed by atoms with E-state index in [-0.39, 0.29) is 6.04 Å². The second-order valence-electron chi connectivity index (χ2n) is 4.61. The molecule has 0 saturated carbocycles. The van der Waals surface area contributed by atoms with E-state index < -0.39 is 0 Å². The van der Waals surface area contributed by atoms with E-state index in [2.05, 4.69) is 29.2 Å². The molecule has 6 heteroatoms. The lowest BCUT2D eigenvalue weighted by Crippen LogP contribution is -2.25. The molecule has 110 valence electrons. The quantitative estimate of drug-likeness (QED) is 0.853. The summed E-state index contributed by atoms with van der Waals surface area (Å²) in [6.45, 7) is 8.07. The molecule has 0 spiro atoms. The fraction of sp³-hybridized carbons (Fsp3) is 0.571. The number of hydrogen-bond acceptors (Lipinski definition) is 5. The maximum Gasteiger partial charge on any atom is 0.161 e. The summed E-state index contributed by atoms with van der Waals surface area (Å²) in [6, 6.07) is 0.0801. The van der Waals surface area contributed by atoms with Crippen molar-refractivity contribution in [1.29, 1.82) is 0 Å². The van der Waals surface area contributed by atoms with E-state index in [9.17, 15) is 0 Å². The summed E-state index contributed by atoms with van der Waals surface area (Å²) >= 11 is 1.67. The van der Waals surface area contributed by atoms with Crippen LogP contribution in [0.1, 0.15) is 42.6 Å². The predicted octanol–water partition coefficient (Wildman–Crippen LogP) is 2.77. The molecule has 1 unspecified atom stereocenters. The second kappa shape index (κ2) is 6.85. The average molecular weight is 294 g/mol. The van der Waals surface area contributed by atoms with Gasteiger partial charge < -0.3 is 10.1 Å². The number of thiazole rings is 1. The molecule has 0 aliphatic heterocycles. The second-order valence-corrected chi connectivity index (χ2v) is 5.50. The third-order valence-electron chi connectivity index (χ3n) is 3.23. The lowest BCUT2D eigenvalue weighted by molar-refractivity contribution is 0.399. The Balaban J connectivity index is 2.48. The summed E-state index contributed by atoms with van der Waals surface area (Å²) < 4.78 is 7.53. The monoisotopic (exact) mass is 294 g/mol. The highest BCUT2D eigenvalue weighted by Crippen LogP contribution is 2.33. The van der Waals surface area contributed by atoms with Gasteiger partial charge in [-0.3, -0.25) is 4.68 Å². The van der Waals surface area contributed by atoms with Gasteiger partial charge in [0.25, 0.3) is 0 Å². The molecule has 2 rings (SSSR count). The molecular formula is C14H22N4OS. The van der Waals surface area contributed by atoms with E-state index in [4.69, 9.17) is 4.74 Å². The molecule has 0 radical (unpaired) electrons. The van der Waals surface area contributed by atoms with Gasteiger partial charge in [-0.1, -0.05) is 13.8 Å². The van der Waals surface area contributed by atoms with Gasteiger partial charge in [0.05, 0.1) is 35.4 Å². The maximum atomic E-state index is 5.50. The van der Waals surface area contributed by atoms with Crippen molar-refractivity contribution in [3.8, 4) is 5.75 Å². The van der Waals surface area contributed by atoms with E-state index >= 15 is 0 Å². The van der Waals surface area contributed by atoms with Gasteiger partial charge in [0.2, 0.25) is 0 Å². The molecule has 0 aromatic carbocycles. The van der Waals surface area contributed by atoms with Crippen molar-refractivity contribution < 1.29 is 4.74 Å². The van der Waals surface area contributed by atoms with Crippen LogP contribution in [0.25, 0.3) is 0 Å². The number of aryl methyl sites for hydroxylation is 2. The zero-order valence-corrected chi connectivity index (χ0v) is 13.3. The minimum atomic E-state index is 0.0801. The van der Waals surface area contributed by atoms with Crippen LogP contribution in [0, 0.1) is 6.92 Å². The lowest BCUT2D eigenvalue weighted by atomic mass is 10.1. The Morgan fingerprint density at radius 1 is 1.45 bits per heavy atom. The third-order valence-corrected chi connectivity index (χ3v) is 4.22. The van der Waals surface area contributed by atoms with Crippen LogP contribution in [0.15, 0.2) is 11.7 Å². The molecule has 2 heterocycles. The van der Waals surface area contributed by atoms with Crippen LogP contribution >= 0.6 is 11.3 Å². The van der Waals surface area contributed by atoms with Gasteiger partial charge in [0.15, 0.2) is 5.75 Å². The lowest BCUT2D eigenvalue weighted by Gasteiger charge is -2.20. The molecular weight excluding hydrogens is 272 g/mol. The normalized spacial score (nSPS) is 12.6. The number of hydrogen-bond donors (Lipinski definition) is 1. The van der Waals surface area contributed by atoms with E-state index in [1.54, 1.807) is 24.6 Å². The largest absolute Gasteiger partial charge is 0.493 e. The van der Waals surface area contributed by atoms with Gasteiger partial charge in [-0.15, -0.1) is 11.3 Å². The molecule has 2 aromatic rings. The minimum Gasteiger partial charge on any atom is -0.493 e. The van der Waals surface area contributed by atoms with Crippen molar-refractivity contribution in [3.05, 3.63) is 28.0 Å². The molecule has 1 atom stereocenters. The Kier molecular flexibility index (Phi) is 5.14. The highest BCUT2D eigenvalue weighted by atomic mass is 32.1. The van der Waals surface area contributed by atoms with Gasteiger partial charge in [0, 0.05) is 6.54 Å². The summed E-state index contributed by atoms with van der Waals surface area (Å²) in [6.07, 6.45) is 2.84. The Labute approximate surface area is 124 Å². The molecule has 0 fully saturated rings. The number of methoxy groups -OCH3 is 1. The molecule has 2 aromatic heterocycles. The smallest absolute Gasteiger partial charge is 0.161 e. The average Bonchev–Trinajstić information content (AvgIpc) is 3.03. The summed E-state index contributed by atoms with van der Waals surface area (Å²) in [7, 11) is 1.69. The van der Waals surface area contributed by atoms with Gasteiger partial charge >= 0.3 is 0 Å². The highest BCUT2D eigenvalue weighted by molar-refractivity contribution is 7.09. The van der Waals surface area contributed by atoms with E-state index in [0.29, 0.717) is 0 Å². The Morgan fingerprint density at radius 3 is 2.80 bits per heavy atom. The van der Waals surface area contributed by atoms with E-state index in [1.165, 1.54) is 4.88 Å². The first-order valence-corrected chi connectivity index (χ1v) is 7.83. The first-order valence-electron chi connectivity index (χ1n) is 6.95. The molecule has 0 aliphatic rings. The van der Waals surface area contributed by atoms with Crippen molar-refractivity contribution in [2.45, 2.75) is 39.8 Å². The fourth-order valence-corrected chi connectivity index (χ4v) is 3.20. The zero-order chi connectivity index (χ0) is 14.5. The van der Waals surface area contributed by atoms with Crippen LogP contribution in [0.3, 0.4) is 0 Å². The number of rotatable bonds is 7. The predicted molar refractivity (Wildman–Crippen MR) is 81.4 cm³/mol. The standard InChI is InChI=1S/C14H22N4OS/c1-5-7-18-13(11(19-4)8-17-18)12(15-6-2)14-10(3)16-9-20-14/h8-9,12,15H,5-7H2,1-4H3. The van der Waals surface area contributed by atoms with Crippen LogP contribution in [0.4, 0.5) is 0 Å². The van der Waals surface area contributed by atoms with E-state index in [0.717, 1.165) is 36.6 Å². The van der Waals surface area contributed by atoms with Crippen LogP contribution in [-0.2, 0) is 6.54 Å². The van der Waals surface area contributed by atoms with Gasteiger partial charge in [-0.05, 0) is 19.9 Å². The topological polar surface area (TPSA) is 52.0 Å². The van der Waals surface area contributed by atoms with Crippen LogP contribution in [-0.4, -0.2) is 28.4 Å². The summed E-state index contributed by atoms with van der Waals surface area (Å²) in [5.41, 5.74) is 4.04. The first-order chi connectivity index (χ1) is 9.72. The Hall–Kier alpha value is -1.40. The molecule has 1 N–H and O–H groups in total. The van der Waals surface area contributed by atoms with Crippen molar-refractivity contribution in [2.75, 3.05) is 13.7 Å². The molecule has 20 heavy (non-hydrogen) atoms. The maximum absolute atomic E-state index is 5.50. The van der Waals surface area contributed by atoms with Crippen LogP contribution < -0.4 is 10.1 Å². The highest BCUT2D eigenvalue weighted by Gasteiger charge is 2.25. The van der Waals surface area contributed by atoms with Crippen molar-refractivity contribution in [2.24, 2.45) is 0 Å². The zero-order valence-electron chi connectivity index (χ0n) is 12.5. The SMILES string of the molecule is CCCn1ncc(OC)c1C(NCC)c1scnc1C. The number of aromatic nitrogens is 3. The van der Waals surface area contributed by atoms with Crippen molar-refractivity contribution in [3.63, 3.8) is 0 Å². The fourth-order valence-electron chi connectivity index (χ4n) is 2.32. The Bertz CT molecular complexity index is 549. The van der Waals surface area contributed by atoms with Gasteiger partial charge in [-0.2, -0.15) is 5.10 Å². The van der Waals surface area contributed by atoms with Crippen LogP contribution in [0.2, 0.25) is 0 Å².